The fourth-order valence-corrected chi connectivity index (χ4v) is 2.06. The van der Waals surface area contributed by atoms with E-state index in [0.29, 0.717) is 4.84 Å². The van der Waals surface area contributed by atoms with Crippen molar-refractivity contribution in [3.63, 3.8) is 0 Å². The Morgan fingerprint density at radius 3 is 2.92 bits per heavy atom. The zero-order valence-electron chi connectivity index (χ0n) is 6.46. The van der Waals surface area contributed by atoms with Crippen molar-refractivity contribution < 1.29 is 4.42 Å². The van der Waals surface area contributed by atoms with Crippen molar-refractivity contribution >= 4 is 23.6 Å². The van der Waals surface area contributed by atoms with Crippen LogP contribution in [-0.4, -0.2) is 4.98 Å². The lowest BCUT2D eigenvalue weighted by Crippen LogP contribution is -1.73. The van der Waals surface area contributed by atoms with E-state index in [9.17, 15) is 0 Å². The van der Waals surface area contributed by atoms with E-state index in [1.54, 1.807) is 11.3 Å². The van der Waals surface area contributed by atoms with Crippen molar-refractivity contribution in [1.29, 1.82) is 0 Å². The van der Waals surface area contributed by atoms with Crippen LogP contribution >= 0.6 is 23.6 Å². The van der Waals surface area contributed by atoms with Gasteiger partial charge in [-0.05, 0) is 30.6 Å². The highest BCUT2D eigenvalue weighted by atomic mass is 32.1. The molecule has 0 spiro atoms. The van der Waals surface area contributed by atoms with E-state index >= 15 is 0 Å². The second-order valence-corrected chi connectivity index (χ2v) is 3.74. The van der Waals surface area contributed by atoms with E-state index < -0.39 is 0 Å². The van der Waals surface area contributed by atoms with E-state index in [0.717, 1.165) is 16.3 Å². The minimum Gasteiger partial charge on any atom is -0.434 e. The van der Waals surface area contributed by atoms with Gasteiger partial charge in [0, 0.05) is 0 Å². The molecule has 0 aliphatic heterocycles. The third-order valence-electron chi connectivity index (χ3n) is 1.59. The molecule has 0 aromatic carbocycles. The third-order valence-corrected chi connectivity index (χ3v) is 2.67. The molecule has 0 aliphatic carbocycles. The average molecular weight is 197 g/mol. The van der Waals surface area contributed by atoms with Gasteiger partial charge in [-0.2, -0.15) is 0 Å². The Morgan fingerprint density at radius 2 is 2.42 bits per heavy atom. The molecule has 62 valence electrons. The molecule has 12 heavy (non-hydrogen) atoms. The first-order valence-corrected chi connectivity index (χ1v) is 4.80. The van der Waals surface area contributed by atoms with E-state index in [1.165, 1.54) is 0 Å². The molecular weight excluding hydrogens is 190 g/mol. The van der Waals surface area contributed by atoms with Crippen LogP contribution in [0.4, 0.5) is 0 Å². The highest BCUT2D eigenvalue weighted by Gasteiger charge is 2.06. The molecule has 0 radical (unpaired) electrons. The summed E-state index contributed by atoms with van der Waals surface area (Å²) >= 11 is 6.54. The summed E-state index contributed by atoms with van der Waals surface area (Å²) in [5, 5.41) is 2.03. The molecule has 0 aliphatic rings. The number of hydrogen-bond acceptors (Lipinski definition) is 3. The number of aromatic nitrogens is 1. The number of aryl methyl sites for hydroxylation is 1. The van der Waals surface area contributed by atoms with Crippen LogP contribution < -0.4 is 0 Å². The first kappa shape index (κ1) is 7.76. The monoisotopic (exact) mass is 197 g/mol. The van der Waals surface area contributed by atoms with E-state index in [-0.39, 0.29) is 0 Å². The summed E-state index contributed by atoms with van der Waals surface area (Å²) in [4.78, 5) is 4.61. The summed E-state index contributed by atoms with van der Waals surface area (Å²) in [6.45, 7) is 1.90. The molecule has 2 aromatic rings. The molecule has 0 saturated carbocycles. The zero-order valence-corrected chi connectivity index (χ0v) is 8.09. The SMILES string of the molecule is Cc1oc(=S)[nH]c1-c1cccs1. The normalized spacial score (nSPS) is 10.4. The fourth-order valence-electron chi connectivity index (χ4n) is 1.06. The van der Waals surface area contributed by atoms with Gasteiger partial charge >= 0.3 is 0 Å². The van der Waals surface area contributed by atoms with Crippen molar-refractivity contribution in [2.24, 2.45) is 0 Å². The maximum Gasteiger partial charge on any atom is 0.266 e. The number of oxazole rings is 1. The highest BCUT2D eigenvalue weighted by Crippen LogP contribution is 2.26. The van der Waals surface area contributed by atoms with Crippen molar-refractivity contribution in [3.8, 4) is 10.6 Å². The topological polar surface area (TPSA) is 28.9 Å². The van der Waals surface area contributed by atoms with Gasteiger partial charge in [-0.15, -0.1) is 11.3 Å². The molecule has 2 nitrogen and oxygen atoms in total. The van der Waals surface area contributed by atoms with Crippen LogP contribution in [0.2, 0.25) is 0 Å². The van der Waals surface area contributed by atoms with Crippen molar-refractivity contribution in [3.05, 3.63) is 28.1 Å². The van der Waals surface area contributed by atoms with Crippen LogP contribution in [0.3, 0.4) is 0 Å². The number of hydrogen-bond donors (Lipinski definition) is 1. The third kappa shape index (κ3) is 1.23. The maximum atomic E-state index is 5.20. The van der Waals surface area contributed by atoms with E-state index in [1.807, 2.05) is 24.4 Å². The Bertz CT molecular complexity index is 424. The number of thiophene rings is 1. The van der Waals surface area contributed by atoms with E-state index in [2.05, 4.69) is 4.98 Å². The average Bonchev–Trinajstić information content (AvgIpc) is 2.58. The van der Waals surface area contributed by atoms with Crippen LogP contribution in [0.25, 0.3) is 10.6 Å². The van der Waals surface area contributed by atoms with Crippen molar-refractivity contribution in [2.45, 2.75) is 6.92 Å². The van der Waals surface area contributed by atoms with Gasteiger partial charge in [0.15, 0.2) is 0 Å². The maximum absolute atomic E-state index is 5.20. The number of H-pyrrole nitrogens is 1. The molecule has 0 unspecified atom stereocenters. The Hall–Kier alpha value is -0.870. The Labute approximate surface area is 78.9 Å². The summed E-state index contributed by atoms with van der Waals surface area (Å²) in [6, 6.07) is 4.04. The molecule has 0 fully saturated rings. The van der Waals surface area contributed by atoms with Crippen molar-refractivity contribution in [2.75, 3.05) is 0 Å². The van der Waals surface area contributed by atoms with Gasteiger partial charge in [0.1, 0.15) is 5.76 Å². The second-order valence-electron chi connectivity index (χ2n) is 2.42. The van der Waals surface area contributed by atoms with Gasteiger partial charge in [0.05, 0.1) is 10.6 Å². The first-order chi connectivity index (χ1) is 5.77. The van der Waals surface area contributed by atoms with Crippen LogP contribution in [-0.2, 0) is 0 Å². The Kier molecular flexibility index (Phi) is 1.86. The van der Waals surface area contributed by atoms with Gasteiger partial charge in [-0.25, -0.2) is 0 Å². The van der Waals surface area contributed by atoms with Crippen LogP contribution in [0.5, 0.6) is 0 Å². The standard InChI is InChI=1S/C8H7NOS2/c1-5-7(9-8(11)10-5)6-3-2-4-12-6/h2-4H,1H3,(H,9,11). The van der Waals surface area contributed by atoms with E-state index in [4.69, 9.17) is 16.6 Å². The summed E-state index contributed by atoms with van der Waals surface area (Å²) < 4.78 is 5.20. The van der Waals surface area contributed by atoms with Crippen LogP contribution in [0.15, 0.2) is 21.9 Å². The largest absolute Gasteiger partial charge is 0.434 e. The lowest BCUT2D eigenvalue weighted by atomic mass is 10.3. The minimum absolute atomic E-state index is 0.441. The van der Waals surface area contributed by atoms with Gasteiger partial charge in [-0.1, -0.05) is 6.07 Å². The van der Waals surface area contributed by atoms with Gasteiger partial charge in [0.25, 0.3) is 4.84 Å². The lowest BCUT2D eigenvalue weighted by Gasteiger charge is -1.89. The Balaban J connectivity index is 2.61. The smallest absolute Gasteiger partial charge is 0.266 e. The van der Waals surface area contributed by atoms with Crippen LogP contribution in [0.1, 0.15) is 5.76 Å². The summed E-state index contributed by atoms with van der Waals surface area (Å²) in [7, 11) is 0. The molecule has 2 heterocycles. The van der Waals surface area contributed by atoms with Crippen molar-refractivity contribution in [1.82, 2.24) is 4.98 Å². The molecule has 0 bridgehead atoms. The van der Waals surface area contributed by atoms with Gasteiger partial charge < -0.3 is 9.40 Å². The molecule has 0 saturated heterocycles. The minimum atomic E-state index is 0.441. The fraction of sp³-hybridized carbons (Fsp3) is 0.125. The summed E-state index contributed by atoms with van der Waals surface area (Å²) in [5.41, 5.74) is 0.995. The zero-order chi connectivity index (χ0) is 8.55. The van der Waals surface area contributed by atoms with Gasteiger partial charge in [0.2, 0.25) is 0 Å². The lowest BCUT2D eigenvalue weighted by molar-refractivity contribution is 0.512. The number of aromatic amines is 1. The molecule has 0 amide bonds. The molecule has 2 rings (SSSR count). The highest BCUT2D eigenvalue weighted by molar-refractivity contribution is 7.71. The predicted octanol–water partition coefficient (Wildman–Crippen LogP) is 3.37. The van der Waals surface area contributed by atoms with Crippen LogP contribution in [0, 0.1) is 11.8 Å². The second kappa shape index (κ2) is 2.88. The molecule has 0 atom stereocenters. The predicted molar refractivity (Wildman–Crippen MR) is 51.9 cm³/mol. The number of nitrogens with one attached hydrogen (secondary N) is 1. The first-order valence-electron chi connectivity index (χ1n) is 3.51. The summed E-state index contributed by atoms with van der Waals surface area (Å²) in [5.74, 6) is 0.849. The van der Waals surface area contributed by atoms with Gasteiger partial charge in [-0.3, -0.25) is 0 Å². The molecule has 2 aromatic heterocycles. The molecular formula is C8H7NOS2. The quantitative estimate of drug-likeness (QED) is 0.710. The summed E-state index contributed by atoms with van der Waals surface area (Å²) in [6.07, 6.45) is 0. The molecule has 4 heteroatoms. The number of rotatable bonds is 1. The molecule has 1 N–H and O–H groups in total. The Morgan fingerprint density at radius 1 is 1.58 bits per heavy atom.